The lowest BCUT2D eigenvalue weighted by Crippen LogP contribution is -2.20. The van der Waals surface area contributed by atoms with Crippen LogP contribution >= 0.6 is 0 Å². The second-order valence-corrected chi connectivity index (χ2v) is 4.99. The van der Waals surface area contributed by atoms with Crippen molar-refractivity contribution < 1.29 is 28.7 Å². The van der Waals surface area contributed by atoms with Gasteiger partial charge in [0.1, 0.15) is 17.2 Å². The molecule has 1 aliphatic rings. The molecule has 130 valence electrons. The van der Waals surface area contributed by atoms with E-state index in [9.17, 15) is 14.9 Å². The molecule has 9 nitrogen and oxygen atoms in total. The van der Waals surface area contributed by atoms with Crippen LogP contribution in [0.5, 0.6) is 23.0 Å². The summed E-state index contributed by atoms with van der Waals surface area (Å²) in [5, 5.41) is 13.5. The molecule has 1 N–H and O–H groups in total. The summed E-state index contributed by atoms with van der Waals surface area (Å²) in [4.78, 5) is 22.5. The van der Waals surface area contributed by atoms with E-state index in [1.54, 1.807) is 18.2 Å². The maximum absolute atomic E-state index is 12.0. The standard InChI is InChI=1S/C16H14N2O7/c1-22-10-2-4-12(13(6-10)18(20)21)17-16(19)8-23-11-3-5-14-15(7-11)25-9-24-14/h2-7H,8-9H2,1H3,(H,17,19). The number of rotatable bonds is 6. The number of methoxy groups -OCH3 is 1. The second kappa shape index (κ2) is 6.95. The zero-order valence-electron chi connectivity index (χ0n) is 13.2. The van der Waals surface area contributed by atoms with Gasteiger partial charge in [0.05, 0.1) is 18.1 Å². The number of hydrogen-bond donors (Lipinski definition) is 1. The number of nitrogens with zero attached hydrogens (tertiary/aromatic N) is 1. The molecule has 1 amide bonds. The van der Waals surface area contributed by atoms with Gasteiger partial charge in [0.15, 0.2) is 18.1 Å². The van der Waals surface area contributed by atoms with Gasteiger partial charge in [0, 0.05) is 6.07 Å². The van der Waals surface area contributed by atoms with Crippen LogP contribution in [0.2, 0.25) is 0 Å². The Labute approximate surface area is 142 Å². The average Bonchev–Trinajstić information content (AvgIpc) is 3.07. The van der Waals surface area contributed by atoms with Crippen LogP contribution in [-0.2, 0) is 4.79 Å². The first-order valence-corrected chi connectivity index (χ1v) is 7.21. The van der Waals surface area contributed by atoms with Crippen LogP contribution in [0, 0.1) is 10.1 Å². The number of nitro benzene ring substituents is 1. The zero-order chi connectivity index (χ0) is 17.8. The molecular weight excluding hydrogens is 332 g/mol. The third-order valence-corrected chi connectivity index (χ3v) is 3.39. The summed E-state index contributed by atoms with van der Waals surface area (Å²) in [6, 6.07) is 9.05. The fraction of sp³-hybridized carbons (Fsp3) is 0.188. The molecule has 25 heavy (non-hydrogen) atoms. The molecule has 2 aromatic carbocycles. The van der Waals surface area contributed by atoms with Crippen LogP contribution in [0.4, 0.5) is 11.4 Å². The SMILES string of the molecule is COc1ccc(NC(=O)COc2ccc3c(c2)OCO3)c([N+](=O)[O-])c1. The highest BCUT2D eigenvalue weighted by Crippen LogP contribution is 2.35. The Morgan fingerprint density at radius 2 is 1.96 bits per heavy atom. The van der Waals surface area contributed by atoms with E-state index >= 15 is 0 Å². The quantitative estimate of drug-likeness (QED) is 0.631. The number of fused-ring (bicyclic) bond motifs is 1. The first-order chi connectivity index (χ1) is 12.1. The van der Waals surface area contributed by atoms with Crippen molar-refractivity contribution in [3.63, 3.8) is 0 Å². The maximum Gasteiger partial charge on any atom is 0.296 e. The van der Waals surface area contributed by atoms with E-state index in [-0.39, 0.29) is 24.8 Å². The van der Waals surface area contributed by atoms with Crippen molar-refractivity contribution in [3.8, 4) is 23.0 Å². The number of carbonyl (C=O) groups excluding carboxylic acids is 1. The molecule has 1 aliphatic heterocycles. The highest BCUT2D eigenvalue weighted by Gasteiger charge is 2.18. The van der Waals surface area contributed by atoms with Crippen LogP contribution in [0.1, 0.15) is 0 Å². The number of hydrogen-bond acceptors (Lipinski definition) is 7. The topological polar surface area (TPSA) is 109 Å². The smallest absolute Gasteiger partial charge is 0.296 e. The average molecular weight is 346 g/mol. The normalized spacial score (nSPS) is 11.7. The summed E-state index contributed by atoms with van der Waals surface area (Å²) < 4.78 is 20.7. The van der Waals surface area contributed by atoms with Gasteiger partial charge in [-0.3, -0.25) is 14.9 Å². The predicted molar refractivity (Wildman–Crippen MR) is 86.3 cm³/mol. The third kappa shape index (κ3) is 3.71. The Hall–Kier alpha value is -3.49. The minimum atomic E-state index is -0.600. The van der Waals surface area contributed by atoms with Crippen LogP contribution in [0.3, 0.4) is 0 Å². The minimum absolute atomic E-state index is 0.0603. The Kier molecular flexibility index (Phi) is 4.55. The number of nitro groups is 1. The zero-order valence-corrected chi connectivity index (χ0v) is 13.2. The number of benzene rings is 2. The van der Waals surface area contributed by atoms with Gasteiger partial charge in [-0.25, -0.2) is 0 Å². The molecule has 2 aromatic rings. The Morgan fingerprint density at radius 3 is 2.72 bits per heavy atom. The molecular formula is C16H14N2O7. The van der Waals surface area contributed by atoms with E-state index in [1.165, 1.54) is 25.3 Å². The van der Waals surface area contributed by atoms with Crippen molar-refractivity contribution in [1.82, 2.24) is 0 Å². The summed E-state index contributed by atoms with van der Waals surface area (Å²) >= 11 is 0. The largest absolute Gasteiger partial charge is 0.496 e. The predicted octanol–water partition coefficient (Wildman–Crippen LogP) is 2.35. The van der Waals surface area contributed by atoms with E-state index in [0.29, 0.717) is 23.0 Å². The number of nitrogens with one attached hydrogen (secondary N) is 1. The Morgan fingerprint density at radius 1 is 1.20 bits per heavy atom. The van der Waals surface area contributed by atoms with Crippen molar-refractivity contribution in [3.05, 3.63) is 46.5 Å². The van der Waals surface area contributed by atoms with Gasteiger partial charge >= 0.3 is 0 Å². The molecule has 0 saturated carbocycles. The van der Waals surface area contributed by atoms with Crippen molar-refractivity contribution in [1.29, 1.82) is 0 Å². The highest BCUT2D eigenvalue weighted by atomic mass is 16.7. The van der Waals surface area contributed by atoms with Gasteiger partial charge in [0.25, 0.3) is 11.6 Å². The second-order valence-electron chi connectivity index (χ2n) is 4.99. The minimum Gasteiger partial charge on any atom is -0.496 e. The van der Waals surface area contributed by atoms with Gasteiger partial charge in [-0.1, -0.05) is 0 Å². The van der Waals surface area contributed by atoms with E-state index in [4.69, 9.17) is 18.9 Å². The number of anilines is 1. The maximum atomic E-state index is 12.0. The molecule has 0 unspecified atom stereocenters. The first-order valence-electron chi connectivity index (χ1n) is 7.21. The Balaban J connectivity index is 1.64. The lowest BCUT2D eigenvalue weighted by molar-refractivity contribution is -0.384. The highest BCUT2D eigenvalue weighted by molar-refractivity contribution is 5.94. The molecule has 0 spiro atoms. The monoisotopic (exact) mass is 346 g/mol. The van der Waals surface area contributed by atoms with Gasteiger partial charge in [-0.15, -0.1) is 0 Å². The number of carbonyl (C=O) groups is 1. The summed E-state index contributed by atoms with van der Waals surface area (Å²) in [5.74, 6) is 1.34. The fourth-order valence-corrected chi connectivity index (χ4v) is 2.20. The Bertz CT molecular complexity index is 822. The molecule has 0 bridgehead atoms. The van der Waals surface area contributed by atoms with Crippen molar-refractivity contribution >= 4 is 17.3 Å². The van der Waals surface area contributed by atoms with Gasteiger partial charge in [0.2, 0.25) is 6.79 Å². The van der Waals surface area contributed by atoms with Gasteiger partial charge in [-0.05, 0) is 24.3 Å². The van der Waals surface area contributed by atoms with Crippen molar-refractivity contribution in [2.24, 2.45) is 0 Å². The first kappa shape index (κ1) is 16.4. The van der Waals surface area contributed by atoms with Gasteiger partial charge < -0.3 is 24.3 Å². The summed E-state index contributed by atoms with van der Waals surface area (Å²) in [6.45, 7) is -0.177. The van der Waals surface area contributed by atoms with Crippen LogP contribution in [0.25, 0.3) is 0 Å². The van der Waals surface area contributed by atoms with Gasteiger partial charge in [-0.2, -0.15) is 0 Å². The molecule has 0 aliphatic carbocycles. The van der Waals surface area contributed by atoms with Crippen molar-refractivity contribution in [2.75, 3.05) is 25.8 Å². The number of amides is 1. The summed E-state index contributed by atoms with van der Waals surface area (Å²) in [5.41, 5.74) is -0.208. The lowest BCUT2D eigenvalue weighted by Gasteiger charge is -2.09. The van der Waals surface area contributed by atoms with E-state index in [2.05, 4.69) is 5.32 Å². The molecule has 0 atom stereocenters. The fourth-order valence-electron chi connectivity index (χ4n) is 2.20. The van der Waals surface area contributed by atoms with Crippen LogP contribution in [0.15, 0.2) is 36.4 Å². The molecule has 9 heteroatoms. The molecule has 0 aromatic heterocycles. The van der Waals surface area contributed by atoms with E-state index in [1.807, 2.05) is 0 Å². The van der Waals surface area contributed by atoms with Crippen LogP contribution < -0.4 is 24.3 Å². The summed E-state index contributed by atoms with van der Waals surface area (Å²) in [7, 11) is 1.40. The third-order valence-electron chi connectivity index (χ3n) is 3.39. The van der Waals surface area contributed by atoms with Crippen LogP contribution in [-0.4, -0.2) is 31.3 Å². The van der Waals surface area contributed by atoms with E-state index in [0.717, 1.165) is 0 Å². The van der Waals surface area contributed by atoms with E-state index < -0.39 is 10.8 Å². The lowest BCUT2D eigenvalue weighted by atomic mass is 10.2. The summed E-state index contributed by atoms with van der Waals surface area (Å²) in [6.07, 6.45) is 0. The molecule has 3 rings (SSSR count). The molecule has 0 fully saturated rings. The molecule has 0 radical (unpaired) electrons. The molecule has 0 saturated heterocycles. The van der Waals surface area contributed by atoms with Crippen molar-refractivity contribution in [2.45, 2.75) is 0 Å². The molecule has 1 heterocycles. The number of ether oxygens (including phenoxy) is 4.